The van der Waals surface area contributed by atoms with Gasteiger partial charge in [0, 0.05) is 30.1 Å². The van der Waals surface area contributed by atoms with E-state index in [1.807, 2.05) is 47.2 Å². The molecule has 0 spiro atoms. The van der Waals surface area contributed by atoms with Crippen LogP contribution in [0.5, 0.6) is 17.2 Å². The van der Waals surface area contributed by atoms with Crippen LogP contribution in [0.4, 0.5) is 8.78 Å². The maximum absolute atomic E-state index is 14.4. The smallest absolute Gasteiger partial charge is 0.255 e. The molecule has 36 heavy (non-hydrogen) atoms. The number of fused-ring (bicyclic) bond motifs is 3. The molecule has 4 aromatic rings. The predicted octanol–water partition coefficient (Wildman–Crippen LogP) is 5.53. The van der Waals surface area contributed by atoms with Crippen molar-refractivity contribution in [2.75, 3.05) is 21.3 Å². The number of ether oxygens (including phenoxy) is 3. The van der Waals surface area contributed by atoms with Gasteiger partial charge < -0.3 is 23.7 Å². The Balaban J connectivity index is 1.73. The van der Waals surface area contributed by atoms with E-state index >= 15 is 0 Å². The summed E-state index contributed by atoms with van der Waals surface area (Å²) in [6, 6.07) is 17.1. The van der Waals surface area contributed by atoms with Gasteiger partial charge in [-0.05, 0) is 53.6 Å². The number of hydrogen-bond acceptors (Lipinski definition) is 4. The van der Waals surface area contributed by atoms with E-state index in [9.17, 15) is 13.6 Å². The standard InChI is InChI=1S/C28H24F2N2O4/c1-34-24-13-19(14-25(35-2)27(24)36-3)28(33)32-16-17-7-4-5-8-22(17)31-10-6-9-23(31)26(32)18-11-20(29)15-21(30)12-18/h4-15,26H,16H2,1-3H3/t26-/m1/s1. The van der Waals surface area contributed by atoms with Crippen LogP contribution in [0.3, 0.4) is 0 Å². The molecular formula is C28H24F2N2O4. The van der Waals surface area contributed by atoms with Gasteiger partial charge in [0.25, 0.3) is 5.91 Å². The highest BCUT2D eigenvalue weighted by molar-refractivity contribution is 5.96. The Bertz CT molecular complexity index is 1400. The molecule has 0 radical (unpaired) electrons. The average molecular weight is 491 g/mol. The number of methoxy groups -OCH3 is 3. The molecular weight excluding hydrogens is 466 g/mol. The number of rotatable bonds is 5. The second-order valence-corrected chi connectivity index (χ2v) is 8.38. The fraction of sp³-hybridized carbons (Fsp3) is 0.179. The van der Waals surface area contributed by atoms with Gasteiger partial charge in [0.15, 0.2) is 11.5 Å². The number of amides is 1. The highest BCUT2D eigenvalue weighted by Crippen LogP contribution is 2.41. The molecule has 0 N–H and O–H groups in total. The zero-order valence-corrected chi connectivity index (χ0v) is 20.0. The second kappa shape index (κ2) is 9.37. The molecule has 2 heterocycles. The average Bonchev–Trinajstić information content (AvgIpc) is 3.30. The highest BCUT2D eigenvalue weighted by atomic mass is 19.1. The van der Waals surface area contributed by atoms with Crippen LogP contribution < -0.4 is 14.2 Å². The van der Waals surface area contributed by atoms with Crippen molar-refractivity contribution in [3.63, 3.8) is 0 Å². The molecule has 0 fully saturated rings. The zero-order chi connectivity index (χ0) is 25.4. The van der Waals surface area contributed by atoms with Crippen molar-refractivity contribution >= 4 is 5.91 Å². The number of aromatic nitrogens is 1. The van der Waals surface area contributed by atoms with Gasteiger partial charge in [0.1, 0.15) is 11.6 Å². The first-order valence-corrected chi connectivity index (χ1v) is 11.3. The van der Waals surface area contributed by atoms with Crippen molar-refractivity contribution in [1.82, 2.24) is 9.47 Å². The Morgan fingerprint density at radius 3 is 2.17 bits per heavy atom. The number of halogens is 2. The molecule has 0 unspecified atom stereocenters. The lowest BCUT2D eigenvalue weighted by Gasteiger charge is -2.31. The van der Waals surface area contributed by atoms with Crippen LogP contribution in [0.25, 0.3) is 5.69 Å². The first-order chi connectivity index (χ1) is 17.4. The molecule has 1 aliphatic rings. The Labute approximate surface area is 207 Å². The van der Waals surface area contributed by atoms with Crippen molar-refractivity contribution in [1.29, 1.82) is 0 Å². The van der Waals surface area contributed by atoms with Crippen LogP contribution in [-0.2, 0) is 6.54 Å². The molecule has 0 bridgehead atoms. The number of hydrogen-bond donors (Lipinski definition) is 0. The molecule has 1 aromatic heterocycles. The summed E-state index contributed by atoms with van der Waals surface area (Å²) in [5, 5.41) is 0. The van der Waals surface area contributed by atoms with Gasteiger partial charge in [-0.15, -0.1) is 0 Å². The summed E-state index contributed by atoms with van der Waals surface area (Å²) in [5.74, 6) is -0.793. The SMILES string of the molecule is COc1cc(C(=O)N2Cc3ccccc3-n3cccc3[C@H]2c2cc(F)cc(F)c2)cc(OC)c1OC. The van der Waals surface area contributed by atoms with Crippen molar-refractivity contribution in [2.45, 2.75) is 12.6 Å². The van der Waals surface area contributed by atoms with Crippen molar-refractivity contribution in [3.8, 4) is 22.9 Å². The van der Waals surface area contributed by atoms with E-state index in [0.29, 0.717) is 28.5 Å². The van der Waals surface area contributed by atoms with Crippen molar-refractivity contribution < 1.29 is 27.8 Å². The van der Waals surface area contributed by atoms with Gasteiger partial charge in [-0.2, -0.15) is 0 Å². The quantitative estimate of drug-likeness (QED) is 0.369. The van der Waals surface area contributed by atoms with Crippen LogP contribution in [0.2, 0.25) is 0 Å². The van der Waals surface area contributed by atoms with Gasteiger partial charge in [-0.25, -0.2) is 8.78 Å². The second-order valence-electron chi connectivity index (χ2n) is 8.38. The Morgan fingerprint density at radius 2 is 1.53 bits per heavy atom. The van der Waals surface area contributed by atoms with Gasteiger partial charge in [-0.3, -0.25) is 4.79 Å². The molecule has 184 valence electrons. The molecule has 0 aliphatic carbocycles. The lowest BCUT2D eigenvalue weighted by atomic mass is 9.99. The number of nitrogens with zero attached hydrogens (tertiary/aromatic N) is 2. The summed E-state index contributed by atoms with van der Waals surface area (Å²) in [7, 11) is 4.42. The van der Waals surface area contributed by atoms with E-state index < -0.39 is 17.7 Å². The minimum atomic E-state index is -0.774. The summed E-state index contributed by atoms with van der Waals surface area (Å²) < 4.78 is 47.0. The normalized spacial score (nSPS) is 14.5. The Kier molecular flexibility index (Phi) is 6.10. The van der Waals surface area contributed by atoms with Crippen molar-refractivity contribution in [3.05, 3.63) is 107 Å². The lowest BCUT2D eigenvalue weighted by Crippen LogP contribution is -2.35. The molecule has 5 rings (SSSR count). The van der Waals surface area contributed by atoms with E-state index in [-0.39, 0.29) is 18.0 Å². The maximum atomic E-state index is 14.4. The minimum Gasteiger partial charge on any atom is -0.493 e. The Hall–Kier alpha value is -4.33. The van der Waals surface area contributed by atoms with E-state index in [1.54, 1.807) is 17.0 Å². The third-order valence-electron chi connectivity index (χ3n) is 6.34. The summed E-state index contributed by atoms with van der Waals surface area (Å²) in [6.45, 7) is 0.205. The van der Waals surface area contributed by atoms with Crippen LogP contribution in [0.1, 0.15) is 33.2 Å². The number of carbonyl (C=O) groups excluding carboxylic acids is 1. The topological polar surface area (TPSA) is 52.9 Å². The molecule has 1 amide bonds. The molecule has 1 atom stereocenters. The largest absolute Gasteiger partial charge is 0.493 e. The van der Waals surface area contributed by atoms with E-state index in [4.69, 9.17) is 14.2 Å². The minimum absolute atomic E-state index is 0.205. The summed E-state index contributed by atoms with van der Waals surface area (Å²) in [4.78, 5) is 15.8. The van der Waals surface area contributed by atoms with Gasteiger partial charge in [-0.1, -0.05) is 18.2 Å². The van der Waals surface area contributed by atoms with E-state index in [0.717, 1.165) is 17.3 Å². The Morgan fingerprint density at radius 1 is 0.861 bits per heavy atom. The molecule has 8 heteroatoms. The molecule has 0 saturated heterocycles. The lowest BCUT2D eigenvalue weighted by molar-refractivity contribution is 0.0689. The van der Waals surface area contributed by atoms with Gasteiger partial charge in [0.2, 0.25) is 5.75 Å². The summed E-state index contributed by atoms with van der Waals surface area (Å²) >= 11 is 0. The third-order valence-corrected chi connectivity index (χ3v) is 6.34. The molecule has 3 aromatic carbocycles. The summed E-state index contributed by atoms with van der Waals surface area (Å²) in [6.07, 6.45) is 1.88. The fourth-order valence-corrected chi connectivity index (χ4v) is 4.79. The van der Waals surface area contributed by atoms with Gasteiger partial charge in [0.05, 0.1) is 33.1 Å². The maximum Gasteiger partial charge on any atom is 0.255 e. The number of benzene rings is 3. The third kappa shape index (κ3) is 3.94. The van der Waals surface area contributed by atoms with E-state index in [2.05, 4.69) is 0 Å². The van der Waals surface area contributed by atoms with Crippen LogP contribution in [-0.4, -0.2) is 36.7 Å². The fourth-order valence-electron chi connectivity index (χ4n) is 4.79. The predicted molar refractivity (Wildman–Crippen MR) is 130 cm³/mol. The highest BCUT2D eigenvalue weighted by Gasteiger charge is 2.34. The molecule has 6 nitrogen and oxygen atoms in total. The number of para-hydroxylation sites is 1. The van der Waals surface area contributed by atoms with Crippen LogP contribution in [0.15, 0.2) is 72.9 Å². The zero-order valence-electron chi connectivity index (χ0n) is 20.0. The monoisotopic (exact) mass is 490 g/mol. The first-order valence-electron chi connectivity index (χ1n) is 11.3. The van der Waals surface area contributed by atoms with E-state index in [1.165, 1.54) is 33.5 Å². The molecule has 0 saturated carbocycles. The van der Waals surface area contributed by atoms with Crippen molar-refractivity contribution in [2.24, 2.45) is 0 Å². The first kappa shape index (κ1) is 23.4. The molecule has 1 aliphatic heterocycles. The van der Waals surface area contributed by atoms with Crippen LogP contribution in [0, 0.1) is 11.6 Å². The van der Waals surface area contributed by atoms with Crippen LogP contribution >= 0.6 is 0 Å². The summed E-state index contributed by atoms with van der Waals surface area (Å²) in [5.41, 5.74) is 3.07. The number of carbonyl (C=O) groups is 1. The van der Waals surface area contributed by atoms with Gasteiger partial charge >= 0.3 is 0 Å².